The molecule has 2 unspecified atom stereocenters. The maximum absolute atomic E-state index is 12.2. The van der Waals surface area contributed by atoms with Crippen LogP contribution < -0.4 is 0 Å². The average Bonchev–Trinajstić information content (AvgIpc) is 3.10. The Bertz CT molecular complexity index is 533. The fraction of sp³-hybridized carbons (Fsp3) is 0.417. The molecule has 3 heterocycles. The highest BCUT2D eigenvalue weighted by atomic mass is 16.5. The van der Waals surface area contributed by atoms with Crippen LogP contribution >= 0.6 is 0 Å². The monoisotopic (exact) mass is 260 g/mol. The molecule has 2 amide bonds. The third-order valence-corrected chi connectivity index (χ3v) is 3.34. The van der Waals surface area contributed by atoms with Crippen LogP contribution in [0.15, 0.2) is 28.1 Å². The number of hydrogen-bond acceptors (Lipinski definition) is 5. The summed E-state index contributed by atoms with van der Waals surface area (Å²) in [5.41, 5.74) is 0. The van der Waals surface area contributed by atoms with Crippen molar-refractivity contribution in [3.8, 4) is 0 Å². The van der Waals surface area contributed by atoms with Crippen molar-refractivity contribution in [3.63, 3.8) is 0 Å². The highest BCUT2D eigenvalue weighted by molar-refractivity contribution is 6.05. The second kappa shape index (κ2) is 4.75. The molecule has 7 nitrogen and oxygen atoms in total. The SMILES string of the molecule is O=C1C=CC(C(=O)N2CCC(c3ncon3)C2)C=N1. The molecule has 2 aliphatic rings. The lowest BCUT2D eigenvalue weighted by atomic mass is 10.1. The average molecular weight is 260 g/mol. The van der Waals surface area contributed by atoms with Crippen LogP contribution in [0.4, 0.5) is 0 Å². The number of hydrogen-bond donors (Lipinski definition) is 0. The van der Waals surface area contributed by atoms with Crippen molar-refractivity contribution in [2.75, 3.05) is 13.1 Å². The Morgan fingerprint density at radius 1 is 1.47 bits per heavy atom. The van der Waals surface area contributed by atoms with Crippen LogP contribution in [0.5, 0.6) is 0 Å². The lowest BCUT2D eigenvalue weighted by molar-refractivity contribution is -0.131. The van der Waals surface area contributed by atoms with E-state index < -0.39 is 5.92 Å². The fourth-order valence-corrected chi connectivity index (χ4v) is 2.32. The minimum atomic E-state index is -0.443. The summed E-state index contributed by atoms with van der Waals surface area (Å²) < 4.78 is 4.72. The van der Waals surface area contributed by atoms with Crippen LogP contribution in [0.3, 0.4) is 0 Å². The summed E-state index contributed by atoms with van der Waals surface area (Å²) in [6, 6.07) is 0. The molecule has 2 atom stereocenters. The van der Waals surface area contributed by atoms with E-state index in [0.717, 1.165) is 6.42 Å². The maximum atomic E-state index is 12.2. The predicted octanol–water partition coefficient (Wildman–Crippen LogP) is 0.169. The smallest absolute Gasteiger partial charge is 0.269 e. The lowest BCUT2D eigenvalue weighted by Gasteiger charge is -2.19. The summed E-state index contributed by atoms with van der Waals surface area (Å²) in [6.45, 7) is 1.23. The molecular formula is C12H12N4O3. The highest BCUT2D eigenvalue weighted by Crippen LogP contribution is 2.25. The molecule has 7 heteroatoms. The van der Waals surface area contributed by atoms with E-state index in [4.69, 9.17) is 4.52 Å². The van der Waals surface area contributed by atoms with Gasteiger partial charge in [0.1, 0.15) is 0 Å². The Morgan fingerprint density at radius 2 is 2.37 bits per heavy atom. The number of nitrogens with zero attached hydrogens (tertiary/aromatic N) is 4. The van der Waals surface area contributed by atoms with Gasteiger partial charge in [-0.15, -0.1) is 0 Å². The summed E-state index contributed by atoms with van der Waals surface area (Å²) in [4.78, 5) is 32.5. The summed E-state index contributed by atoms with van der Waals surface area (Å²) in [5, 5.41) is 3.81. The second-order valence-corrected chi connectivity index (χ2v) is 4.56. The van der Waals surface area contributed by atoms with Crippen LogP contribution in [-0.2, 0) is 9.59 Å². The van der Waals surface area contributed by atoms with E-state index in [1.54, 1.807) is 11.0 Å². The van der Waals surface area contributed by atoms with Gasteiger partial charge in [-0.25, -0.2) is 4.99 Å². The van der Waals surface area contributed by atoms with E-state index in [0.29, 0.717) is 18.9 Å². The molecule has 0 bridgehead atoms. The zero-order valence-corrected chi connectivity index (χ0v) is 10.1. The molecule has 0 aliphatic carbocycles. The van der Waals surface area contributed by atoms with Gasteiger partial charge < -0.3 is 9.42 Å². The van der Waals surface area contributed by atoms with Crippen LogP contribution in [-0.4, -0.2) is 46.2 Å². The van der Waals surface area contributed by atoms with Crippen molar-refractivity contribution in [1.29, 1.82) is 0 Å². The molecule has 1 aromatic rings. The Balaban J connectivity index is 1.65. The van der Waals surface area contributed by atoms with Gasteiger partial charge in [0.05, 0.1) is 5.92 Å². The zero-order chi connectivity index (χ0) is 13.2. The van der Waals surface area contributed by atoms with Crippen molar-refractivity contribution < 1.29 is 14.1 Å². The van der Waals surface area contributed by atoms with E-state index in [1.807, 2.05) is 0 Å². The maximum Gasteiger partial charge on any atom is 0.269 e. The minimum Gasteiger partial charge on any atom is -0.343 e. The van der Waals surface area contributed by atoms with Crippen LogP contribution in [0, 0.1) is 5.92 Å². The molecule has 0 spiro atoms. The van der Waals surface area contributed by atoms with Crippen LogP contribution in [0.25, 0.3) is 0 Å². The summed E-state index contributed by atoms with van der Waals surface area (Å²) in [7, 11) is 0. The van der Waals surface area contributed by atoms with Crippen LogP contribution in [0.1, 0.15) is 18.2 Å². The normalized spacial score (nSPS) is 26.1. The Hall–Kier alpha value is -2.31. The number of dihydropyridines is 1. The number of rotatable bonds is 2. The van der Waals surface area contributed by atoms with Gasteiger partial charge in [-0.3, -0.25) is 9.59 Å². The van der Waals surface area contributed by atoms with Gasteiger partial charge in [0, 0.05) is 31.3 Å². The standard InChI is InChI=1S/C12H12N4O3/c17-10-2-1-8(5-13-10)12(18)16-4-3-9(6-16)11-14-7-19-15-11/h1-2,5,7-9H,3-4,6H2. The van der Waals surface area contributed by atoms with E-state index in [1.165, 1.54) is 18.7 Å². The third-order valence-electron chi connectivity index (χ3n) is 3.34. The third kappa shape index (κ3) is 2.31. The Kier molecular flexibility index (Phi) is 2.94. The molecule has 98 valence electrons. The van der Waals surface area contributed by atoms with Gasteiger partial charge in [0.2, 0.25) is 12.3 Å². The van der Waals surface area contributed by atoms with Gasteiger partial charge >= 0.3 is 0 Å². The molecule has 1 saturated heterocycles. The van der Waals surface area contributed by atoms with Crippen molar-refractivity contribution in [2.24, 2.45) is 10.9 Å². The van der Waals surface area contributed by atoms with E-state index in [-0.39, 0.29) is 17.7 Å². The zero-order valence-electron chi connectivity index (χ0n) is 10.1. The number of likely N-dealkylation sites (tertiary alicyclic amines) is 1. The van der Waals surface area contributed by atoms with Crippen molar-refractivity contribution in [2.45, 2.75) is 12.3 Å². The highest BCUT2D eigenvalue weighted by Gasteiger charge is 2.32. The molecule has 2 aliphatic heterocycles. The molecule has 0 saturated carbocycles. The first-order valence-corrected chi connectivity index (χ1v) is 6.05. The molecular weight excluding hydrogens is 248 g/mol. The Morgan fingerprint density at radius 3 is 3.05 bits per heavy atom. The van der Waals surface area contributed by atoms with E-state index in [9.17, 15) is 9.59 Å². The number of carbonyl (C=O) groups is 2. The Labute approximate surface area is 109 Å². The second-order valence-electron chi connectivity index (χ2n) is 4.56. The van der Waals surface area contributed by atoms with Crippen molar-refractivity contribution in [1.82, 2.24) is 15.0 Å². The number of aliphatic imine (C=N–C) groups is 1. The summed E-state index contributed by atoms with van der Waals surface area (Å²) in [6.07, 6.45) is 6.42. The molecule has 19 heavy (non-hydrogen) atoms. The molecule has 0 aromatic carbocycles. The first kappa shape index (κ1) is 11.8. The topological polar surface area (TPSA) is 88.7 Å². The quantitative estimate of drug-likeness (QED) is 0.756. The summed E-state index contributed by atoms with van der Waals surface area (Å²) in [5.74, 6) is -0.0532. The number of aromatic nitrogens is 2. The van der Waals surface area contributed by atoms with Gasteiger partial charge in [0.15, 0.2) is 5.82 Å². The lowest BCUT2D eigenvalue weighted by Crippen LogP contribution is -2.35. The molecule has 1 aromatic heterocycles. The van der Waals surface area contributed by atoms with Gasteiger partial charge in [-0.2, -0.15) is 4.98 Å². The molecule has 0 radical (unpaired) electrons. The number of amides is 2. The first-order valence-electron chi connectivity index (χ1n) is 6.05. The fourth-order valence-electron chi connectivity index (χ4n) is 2.32. The van der Waals surface area contributed by atoms with Crippen molar-refractivity contribution >= 4 is 18.0 Å². The van der Waals surface area contributed by atoms with E-state index in [2.05, 4.69) is 15.1 Å². The first-order chi connectivity index (χ1) is 9.24. The van der Waals surface area contributed by atoms with Crippen LogP contribution in [0.2, 0.25) is 0 Å². The van der Waals surface area contributed by atoms with Gasteiger partial charge in [-0.05, 0) is 6.42 Å². The van der Waals surface area contributed by atoms with Gasteiger partial charge in [0.25, 0.3) is 5.91 Å². The van der Waals surface area contributed by atoms with Gasteiger partial charge in [-0.1, -0.05) is 11.2 Å². The minimum absolute atomic E-state index is 0.0431. The molecule has 1 fully saturated rings. The predicted molar refractivity (Wildman–Crippen MR) is 64.4 cm³/mol. The van der Waals surface area contributed by atoms with Crippen molar-refractivity contribution in [3.05, 3.63) is 24.4 Å². The largest absolute Gasteiger partial charge is 0.343 e. The summed E-state index contributed by atoms with van der Waals surface area (Å²) >= 11 is 0. The molecule has 3 rings (SSSR count). The number of carbonyl (C=O) groups excluding carboxylic acids is 2. The molecule has 0 N–H and O–H groups in total. The van der Waals surface area contributed by atoms with E-state index >= 15 is 0 Å².